The monoisotopic (exact) mass is 363 g/mol. The number of carbonyl (C=O) groups is 2. The molecule has 25 heavy (non-hydrogen) atoms. The second-order valence-corrected chi connectivity index (χ2v) is 5.33. The van der Waals surface area contributed by atoms with E-state index in [0.29, 0.717) is 28.8 Å². The molecule has 1 heterocycles. The Morgan fingerprint density at radius 1 is 1.20 bits per heavy atom. The summed E-state index contributed by atoms with van der Waals surface area (Å²) in [5.74, 6) is 0.221. The summed E-state index contributed by atoms with van der Waals surface area (Å²) in [5.41, 5.74) is 0.670. The van der Waals surface area contributed by atoms with Crippen molar-refractivity contribution in [3.05, 3.63) is 47.2 Å². The smallest absolute Gasteiger partial charge is 0.270 e. The molecule has 0 atom stereocenters. The van der Waals surface area contributed by atoms with Gasteiger partial charge in [-0.05, 0) is 31.2 Å². The first-order chi connectivity index (χ1) is 12.0. The number of anilines is 1. The molecule has 2 amide bonds. The van der Waals surface area contributed by atoms with Gasteiger partial charge in [-0.1, -0.05) is 11.6 Å². The SMILES string of the molecule is CCOc1ccc(NC(=O)CNC(=O)c2cc(Cl)ccn2)cc1OC. The Morgan fingerprint density at radius 3 is 2.68 bits per heavy atom. The molecule has 0 radical (unpaired) electrons. The Bertz CT molecular complexity index is 767. The van der Waals surface area contributed by atoms with Crippen LogP contribution in [-0.2, 0) is 4.79 Å². The van der Waals surface area contributed by atoms with Crippen LogP contribution in [0.5, 0.6) is 11.5 Å². The van der Waals surface area contributed by atoms with Crippen molar-refractivity contribution >= 4 is 29.1 Å². The Labute approximate surface area is 150 Å². The predicted octanol–water partition coefficient (Wildman–Crippen LogP) is 2.51. The van der Waals surface area contributed by atoms with Gasteiger partial charge in [0.15, 0.2) is 11.5 Å². The minimum absolute atomic E-state index is 0.142. The molecule has 1 aromatic heterocycles. The minimum Gasteiger partial charge on any atom is -0.493 e. The maximum Gasteiger partial charge on any atom is 0.270 e. The summed E-state index contributed by atoms with van der Waals surface area (Å²) in [6.07, 6.45) is 1.42. The van der Waals surface area contributed by atoms with E-state index in [1.807, 2.05) is 6.92 Å². The van der Waals surface area contributed by atoms with Gasteiger partial charge in [-0.2, -0.15) is 0 Å². The van der Waals surface area contributed by atoms with Gasteiger partial charge in [-0.25, -0.2) is 0 Å². The molecule has 0 aliphatic carbocycles. The number of hydrogen-bond acceptors (Lipinski definition) is 5. The van der Waals surface area contributed by atoms with E-state index in [0.717, 1.165) is 0 Å². The maximum absolute atomic E-state index is 12.0. The van der Waals surface area contributed by atoms with E-state index in [-0.39, 0.29) is 18.1 Å². The highest BCUT2D eigenvalue weighted by molar-refractivity contribution is 6.30. The summed E-state index contributed by atoms with van der Waals surface area (Å²) in [6.45, 7) is 2.17. The van der Waals surface area contributed by atoms with Crippen LogP contribution in [0.1, 0.15) is 17.4 Å². The number of nitrogens with zero attached hydrogens (tertiary/aromatic N) is 1. The average molecular weight is 364 g/mol. The number of aromatic nitrogens is 1. The van der Waals surface area contributed by atoms with Gasteiger partial charge in [0.05, 0.1) is 20.3 Å². The van der Waals surface area contributed by atoms with Crippen LogP contribution >= 0.6 is 11.6 Å². The fourth-order valence-electron chi connectivity index (χ4n) is 2.01. The van der Waals surface area contributed by atoms with Crippen molar-refractivity contribution in [1.82, 2.24) is 10.3 Å². The fourth-order valence-corrected chi connectivity index (χ4v) is 2.17. The highest BCUT2D eigenvalue weighted by atomic mass is 35.5. The van der Waals surface area contributed by atoms with Gasteiger partial charge in [0.1, 0.15) is 5.69 Å². The molecule has 1 aromatic carbocycles. The number of methoxy groups -OCH3 is 1. The summed E-state index contributed by atoms with van der Waals surface area (Å²) >= 11 is 5.80. The summed E-state index contributed by atoms with van der Waals surface area (Å²) in [5, 5.41) is 5.54. The number of benzene rings is 1. The molecule has 0 fully saturated rings. The molecule has 132 valence electrons. The van der Waals surface area contributed by atoms with Gasteiger partial charge in [0.2, 0.25) is 5.91 Å². The maximum atomic E-state index is 12.0. The molecule has 8 heteroatoms. The van der Waals surface area contributed by atoms with Gasteiger partial charge in [-0.3, -0.25) is 14.6 Å². The Morgan fingerprint density at radius 2 is 2.00 bits per heavy atom. The van der Waals surface area contributed by atoms with E-state index < -0.39 is 5.91 Å². The van der Waals surface area contributed by atoms with Gasteiger partial charge in [0, 0.05) is 23.0 Å². The van der Waals surface area contributed by atoms with Crippen LogP contribution in [0, 0.1) is 0 Å². The summed E-state index contributed by atoms with van der Waals surface area (Å²) in [6, 6.07) is 8.01. The first-order valence-electron chi connectivity index (χ1n) is 7.54. The lowest BCUT2D eigenvalue weighted by Crippen LogP contribution is -2.33. The molecule has 2 rings (SSSR count). The third kappa shape index (κ3) is 5.36. The van der Waals surface area contributed by atoms with Crippen LogP contribution in [0.25, 0.3) is 0 Å². The second kappa shape index (κ2) is 8.89. The topological polar surface area (TPSA) is 89.6 Å². The van der Waals surface area contributed by atoms with E-state index in [1.54, 1.807) is 24.3 Å². The van der Waals surface area contributed by atoms with Crippen LogP contribution in [0.2, 0.25) is 5.02 Å². The predicted molar refractivity (Wildman–Crippen MR) is 94.4 cm³/mol. The molecule has 0 spiro atoms. The van der Waals surface area contributed by atoms with Crippen LogP contribution in [0.15, 0.2) is 36.5 Å². The third-order valence-electron chi connectivity index (χ3n) is 3.11. The lowest BCUT2D eigenvalue weighted by Gasteiger charge is -2.12. The number of amides is 2. The van der Waals surface area contributed by atoms with Crippen molar-refractivity contribution in [3.8, 4) is 11.5 Å². The Kier molecular flexibility index (Phi) is 6.59. The first kappa shape index (κ1) is 18.5. The lowest BCUT2D eigenvalue weighted by atomic mass is 10.2. The van der Waals surface area contributed by atoms with E-state index >= 15 is 0 Å². The normalized spacial score (nSPS) is 10.0. The van der Waals surface area contributed by atoms with Crippen LogP contribution in [0.3, 0.4) is 0 Å². The van der Waals surface area contributed by atoms with E-state index in [9.17, 15) is 9.59 Å². The molecule has 2 N–H and O–H groups in total. The number of rotatable bonds is 7. The molecule has 0 bridgehead atoms. The number of hydrogen-bond donors (Lipinski definition) is 2. The quantitative estimate of drug-likeness (QED) is 0.789. The third-order valence-corrected chi connectivity index (χ3v) is 3.35. The average Bonchev–Trinajstić information content (AvgIpc) is 2.61. The number of ether oxygens (including phenoxy) is 2. The summed E-state index contributed by atoms with van der Waals surface area (Å²) in [7, 11) is 1.52. The van der Waals surface area contributed by atoms with Gasteiger partial charge >= 0.3 is 0 Å². The Hall–Kier alpha value is -2.80. The Balaban J connectivity index is 1.93. The number of pyridine rings is 1. The van der Waals surface area contributed by atoms with Crippen molar-refractivity contribution in [2.75, 3.05) is 25.6 Å². The summed E-state index contributed by atoms with van der Waals surface area (Å²) in [4.78, 5) is 27.8. The minimum atomic E-state index is -0.484. The highest BCUT2D eigenvalue weighted by Gasteiger charge is 2.11. The number of halogens is 1. The fraction of sp³-hybridized carbons (Fsp3) is 0.235. The molecule has 0 aliphatic rings. The first-order valence-corrected chi connectivity index (χ1v) is 7.91. The van der Waals surface area contributed by atoms with Crippen molar-refractivity contribution in [1.29, 1.82) is 0 Å². The van der Waals surface area contributed by atoms with E-state index in [2.05, 4.69) is 15.6 Å². The largest absolute Gasteiger partial charge is 0.493 e. The van der Waals surface area contributed by atoms with Gasteiger partial charge < -0.3 is 20.1 Å². The second-order valence-electron chi connectivity index (χ2n) is 4.89. The molecular weight excluding hydrogens is 346 g/mol. The zero-order chi connectivity index (χ0) is 18.2. The molecular formula is C17H18ClN3O4. The molecule has 0 saturated heterocycles. The van der Waals surface area contributed by atoms with E-state index in [1.165, 1.54) is 19.4 Å². The van der Waals surface area contributed by atoms with Gasteiger partial charge in [0.25, 0.3) is 5.91 Å². The number of carbonyl (C=O) groups excluding carboxylic acids is 2. The zero-order valence-corrected chi connectivity index (χ0v) is 14.6. The lowest BCUT2D eigenvalue weighted by molar-refractivity contribution is -0.115. The van der Waals surface area contributed by atoms with Crippen molar-refractivity contribution in [2.45, 2.75) is 6.92 Å². The van der Waals surface area contributed by atoms with Crippen LogP contribution in [0.4, 0.5) is 5.69 Å². The molecule has 7 nitrogen and oxygen atoms in total. The molecule has 0 aliphatic heterocycles. The molecule has 2 aromatic rings. The molecule has 0 saturated carbocycles. The molecule has 0 unspecified atom stereocenters. The number of nitrogens with one attached hydrogen (secondary N) is 2. The zero-order valence-electron chi connectivity index (χ0n) is 13.8. The van der Waals surface area contributed by atoms with Crippen molar-refractivity contribution < 1.29 is 19.1 Å². The standard InChI is InChI=1S/C17H18ClN3O4/c1-3-25-14-5-4-12(9-15(14)24-2)21-16(22)10-20-17(23)13-8-11(18)6-7-19-13/h4-9H,3,10H2,1-2H3,(H,20,23)(H,21,22). The van der Waals surface area contributed by atoms with Crippen molar-refractivity contribution in [2.24, 2.45) is 0 Å². The highest BCUT2D eigenvalue weighted by Crippen LogP contribution is 2.30. The van der Waals surface area contributed by atoms with Crippen LogP contribution < -0.4 is 20.1 Å². The van der Waals surface area contributed by atoms with Crippen molar-refractivity contribution in [3.63, 3.8) is 0 Å². The van der Waals surface area contributed by atoms with E-state index in [4.69, 9.17) is 21.1 Å². The summed E-state index contributed by atoms with van der Waals surface area (Å²) < 4.78 is 10.6. The van der Waals surface area contributed by atoms with Crippen LogP contribution in [-0.4, -0.2) is 37.1 Å². The van der Waals surface area contributed by atoms with Gasteiger partial charge in [-0.15, -0.1) is 0 Å².